The first-order chi connectivity index (χ1) is 8.06. The molecule has 0 amide bonds. The van der Waals surface area contributed by atoms with Crippen molar-refractivity contribution in [2.45, 2.75) is 6.54 Å². The van der Waals surface area contributed by atoms with E-state index >= 15 is 0 Å². The summed E-state index contributed by atoms with van der Waals surface area (Å²) in [6, 6.07) is 7.68. The lowest BCUT2D eigenvalue weighted by Gasteiger charge is -2.05. The average Bonchev–Trinajstić information content (AvgIpc) is 2.26. The molecule has 1 aromatic carbocycles. The van der Waals surface area contributed by atoms with Crippen LogP contribution < -0.4 is 11.2 Å². The zero-order chi connectivity index (χ0) is 12.4. The number of hydrogen-bond acceptors (Lipinski definition) is 2. The lowest BCUT2D eigenvalue weighted by Crippen LogP contribution is -2.31. The summed E-state index contributed by atoms with van der Waals surface area (Å²) in [7, 11) is 0. The highest BCUT2D eigenvalue weighted by atomic mass is 127. The van der Waals surface area contributed by atoms with Gasteiger partial charge in [-0.3, -0.25) is 14.3 Å². The molecule has 1 aromatic heterocycles. The highest BCUT2D eigenvalue weighted by Gasteiger charge is 2.02. The van der Waals surface area contributed by atoms with E-state index < -0.39 is 5.69 Å². The van der Waals surface area contributed by atoms with Gasteiger partial charge in [-0.25, -0.2) is 4.79 Å². The summed E-state index contributed by atoms with van der Waals surface area (Å²) in [6.07, 6.45) is 1.56. The molecule has 0 atom stereocenters. The first-order valence-corrected chi connectivity index (χ1v) is 6.67. The minimum Gasteiger partial charge on any atom is -0.295 e. The number of aromatic amines is 1. The van der Waals surface area contributed by atoms with Crippen LogP contribution in [-0.4, -0.2) is 9.55 Å². The molecule has 0 saturated heterocycles. The maximum Gasteiger partial charge on any atom is 0.328 e. The Kier molecular flexibility index (Phi) is 3.82. The third-order valence-corrected chi connectivity index (χ3v) is 3.47. The molecule has 0 radical (unpaired) electrons. The van der Waals surface area contributed by atoms with E-state index in [4.69, 9.17) is 0 Å². The van der Waals surface area contributed by atoms with Gasteiger partial charge in [0.05, 0.1) is 10.1 Å². The van der Waals surface area contributed by atoms with E-state index in [9.17, 15) is 9.59 Å². The second-order valence-corrected chi connectivity index (χ2v) is 5.57. The summed E-state index contributed by atoms with van der Waals surface area (Å²) in [4.78, 5) is 25.1. The van der Waals surface area contributed by atoms with E-state index in [-0.39, 0.29) is 5.56 Å². The maximum atomic E-state index is 11.6. The summed E-state index contributed by atoms with van der Waals surface area (Å²) >= 11 is 5.28. The van der Waals surface area contributed by atoms with Gasteiger partial charge in [0, 0.05) is 10.7 Å². The molecule has 0 fully saturated rings. The van der Waals surface area contributed by atoms with Gasteiger partial charge in [0.15, 0.2) is 0 Å². The van der Waals surface area contributed by atoms with Gasteiger partial charge < -0.3 is 0 Å². The van der Waals surface area contributed by atoms with Gasteiger partial charge >= 0.3 is 5.69 Å². The van der Waals surface area contributed by atoms with E-state index in [1.54, 1.807) is 6.20 Å². The molecule has 17 heavy (non-hydrogen) atoms. The van der Waals surface area contributed by atoms with Crippen molar-refractivity contribution in [2.24, 2.45) is 0 Å². The van der Waals surface area contributed by atoms with Crippen LogP contribution in [0.15, 0.2) is 44.5 Å². The Bertz CT molecular complexity index is 663. The van der Waals surface area contributed by atoms with Crippen LogP contribution in [0.4, 0.5) is 0 Å². The number of benzene rings is 1. The average molecular weight is 407 g/mol. The Morgan fingerprint density at radius 1 is 1.35 bits per heavy atom. The molecule has 0 saturated carbocycles. The van der Waals surface area contributed by atoms with Crippen molar-refractivity contribution in [2.75, 3.05) is 0 Å². The molecule has 2 aromatic rings. The van der Waals surface area contributed by atoms with Gasteiger partial charge in [-0.1, -0.05) is 28.1 Å². The van der Waals surface area contributed by atoms with E-state index in [0.29, 0.717) is 10.1 Å². The summed E-state index contributed by atoms with van der Waals surface area (Å²) < 4.78 is 2.93. The van der Waals surface area contributed by atoms with Crippen LogP contribution in [0.5, 0.6) is 0 Å². The van der Waals surface area contributed by atoms with Crippen molar-refractivity contribution in [1.82, 2.24) is 9.55 Å². The van der Waals surface area contributed by atoms with Crippen LogP contribution in [0.2, 0.25) is 0 Å². The molecule has 1 N–H and O–H groups in total. The fourth-order valence-electron chi connectivity index (χ4n) is 1.43. The number of halogens is 2. The maximum absolute atomic E-state index is 11.6. The standard InChI is InChI=1S/C11H8BrIN2O2/c12-8-3-1-2-7(4-8)5-15-6-9(13)10(16)14-11(15)17/h1-4,6H,5H2,(H,14,16,17). The van der Waals surface area contributed by atoms with Gasteiger partial charge in [-0.15, -0.1) is 0 Å². The van der Waals surface area contributed by atoms with Crippen molar-refractivity contribution in [3.63, 3.8) is 0 Å². The van der Waals surface area contributed by atoms with Gasteiger partial charge in [0.1, 0.15) is 0 Å². The largest absolute Gasteiger partial charge is 0.328 e. The van der Waals surface area contributed by atoms with Gasteiger partial charge in [0.25, 0.3) is 5.56 Å². The Labute approximate surface area is 119 Å². The number of H-pyrrole nitrogens is 1. The molecular weight excluding hydrogens is 399 g/mol. The lowest BCUT2D eigenvalue weighted by atomic mass is 10.2. The third-order valence-electron chi connectivity index (χ3n) is 2.21. The Hall–Kier alpha value is -0.890. The van der Waals surface area contributed by atoms with E-state index in [2.05, 4.69) is 20.9 Å². The zero-order valence-electron chi connectivity index (χ0n) is 8.61. The molecular formula is C11H8BrIN2O2. The molecule has 0 aliphatic carbocycles. The second-order valence-electron chi connectivity index (χ2n) is 3.49. The van der Waals surface area contributed by atoms with Gasteiger partial charge in [0.2, 0.25) is 0 Å². The number of aromatic nitrogens is 2. The number of nitrogens with zero attached hydrogens (tertiary/aromatic N) is 1. The van der Waals surface area contributed by atoms with Crippen LogP contribution in [0.1, 0.15) is 5.56 Å². The van der Waals surface area contributed by atoms with E-state index in [1.807, 2.05) is 46.9 Å². The topological polar surface area (TPSA) is 54.9 Å². The van der Waals surface area contributed by atoms with Gasteiger partial charge in [-0.2, -0.15) is 0 Å². The summed E-state index contributed by atoms with van der Waals surface area (Å²) in [5.74, 6) is 0. The van der Waals surface area contributed by atoms with Crippen molar-refractivity contribution in [3.8, 4) is 0 Å². The van der Waals surface area contributed by atoms with Crippen LogP contribution in [0.25, 0.3) is 0 Å². The van der Waals surface area contributed by atoms with Crippen LogP contribution in [0, 0.1) is 3.57 Å². The summed E-state index contributed by atoms with van der Waals surface area (Å²) in [5, 5.41) is 0. The molecule has 0 aliphatic rings. The van der Waals surface area contributed by atoms with Crippen LogP contribution in [0.3, 0.4) is 0 Å². The predicted molar refractivity (Wildman–Crippen MR) is 77.3 cm³/mol. The fraction of sp³-hybridized carbons (Fsp3) is 0.0909. The Balaban J connectivity index is 2.40. The molecule has 1 heterocycles. The highest BCUT2D eigenvalue weighted by molar-refractivity contribution is 14.1. The smallest absolute Gasteiger partial charge is 0.295 e. The predicted octanol–water partition coefficient (Wildman–Crippen LogP) is 1.95. The fourth-order valence-corrected chi connectivity index (χ4v) is 2.35. The van der Waals surface area contributed by atoms with E-state index in [0.717, 1.165) is 10.0 Å². The molecule has 88 valence electrons. The Morgan fingerprint density at radius 2 is 2.12 bits per heavy atom. The first-order valence-electron chi connectivity index (χ1n) is 4.80. The lowest BCUT2D eigenvalue weighted by molar-refractivity contribution is 0.715. The summed E-state index contributed by atoms with van der Waals surface area (Å²) in [5.41, 5.74) is 0.251. The number of nitrogens with one attached hydrogen (secondary N) is 1. The third kappa shape index (κ3) is 3.06. The molecule has 2 rings (SSSR count). The van der Waals surface area contributed by atoms with Gasteiger partial charge in [-0.05, 0) is 40.3 Å². The zero-order valence-corrected chi connectivity index (χ0v) is 12.4. The molecule has 0 bridgehead atoms. The monoisotopic (exact) mass is 406 g/mol. The molecule has 0 aliphatic heterocycles. The number of rotatable bonds is 2. The van der Waals surface area contributed by atoms with Crippen molar-refractivity contribution >= 4 is 38.5 Å². The second kappa shape index (κ2) is 5.18. The SMILES string of the molecule is O=c1[nH]c(=O)n(Cc2cccc(Br)c2)cc1I. The number of hydrogen-bond donors (Lipinski definition) is 1. The quantitative estimate of drug-likeness (QED) is 0.775. The van der Waals surface area contributed by atoms with Crippen LogP contribution in [-0.2, 0) is 6.54 Å². The Morgan fingerprint density at radius 3 is 2.82 bits per heavy atom. The first kappa shape index (κ1) is 12.6. The van der Waals surface area contributed by atoms with E-state index in [1.165, 1.54) is 4.57 Å². The minimum absolute atomic E-state index is 0.346. The van der Waals surface area contributed by atoms with Crippen LogP contribution >= 0.6 is 38.5 Å². The van der Waals surface area contributed by atoms with Crippen molar-refractivity contribution in [3.05, 3.63) is 64.9 Å². The van der Waals surface area contributed by atoms with Crippen molar-refractivity contribution < 1.29 is 0 Å². The molecule has 4 nitrogen and oxygen atoms in total. The van der Waals surface area contributed by atoms with Crippen molar-refractivity contribution in [1.29, 1.82) is 0 Å². The molecule has 0 spiro atoms. The summed E-state index contributed by atoms with van der Waals surface area (Å²) in [6.45, 7) is 0.436. The molecule has 6 heteroatoms. The molecule has 0 unspecified atom stereocenters. The highest BCUT2D eigenvalue weighted by Crippen LogP contribution is 2.12. The normalized spacial score (nSPS) is 10.5. The minimum atomic E-state index is -0.393.